The van der Waals surface area contributed by atoms with Gasteiger partial charge in [0.25, 0.3) is 0 Å². The number of esters is 4. The molecule has 0 aromatic heterocycles. The number of aliphatic hydroxyl groups is 1. The van der Waals surface area contributed by atoms with Gasteiger partial charge in [-0.3, -0.25) is 37.3 Å². The highest BCUT2D eigenvalue weighted by atomic mass is 31.2. The van der Waals surface area contributed by atoms with Crippen molar-refractivity contribution in [3.63, 3.8) is 0 Å². The summed E-state index contributed by atoms with van der Waals surface area (Å²) < 4.78 is 68.5. The van der Waals surface area contributed by atoms with Crippen LogP contribution in [0, 0.1) is 0 Å². The van der Waals surface area contributed by atoms with Gasteiger partial charge in [-0.15, -0.1) is 0 Å². The Morgan fingerprint density at radius 3 is 0.764 bits per heavy atom. The molecule has 106 heavy (non-hydrogen) atoms. The lowest BCUT2D eigenvalue weighted by Gasteiger charge is -2.21. The van der Waals surface area contributed by atoms with Crippen LogP contribution >= 0.6 is 15.6 Å². The summed E-state index contributed by atoms with van der Waals surface area (Å²) in [4.78, 5) is 73.0. The topological polar surface area (TPSA) is 237 Å². The molecular weight excluding hydrogens is 1380 g/mol. The van der Waals surface area contributed by atoms with Gasteiger partial charge >= 0.3 is 39.5 Å². The van der Waals surface area contributed by atoms with Crippen LogP contribution in [-0.4, -0.2) is 96.7 Å². The lowest BCUT2D eigenvalue weighted by molar-refractivity contribution is -0.161. The van der Waals surface area contributed by atoms with E-state index in [0.717, 1.165) is 186 Å². The minimum atomic E-state index is -5.01. The van der Waals surface area contributed by atoms with E-state index in [4.69, 9.17) is 37.0 Å². The zero-order chi connectivity index (χ0) is 77.4. The zero-order valence-electron chi connectivity index (χ0n) is 65.3. The maximum absolute atomic E-state index is 13.1. The molecule has 598 valence electrons. The van der Waals surface area contributed by atoms with E-state index < -0.39 is 97.5 Å². The average Bonchev–Trinajstić information content (AvgIpc) is 0.907. The molecule has 0 rings (SSSR count). The van der Waals surface area contributed by atoms with E-state index in [1.54, 1.807) is 0 Å². The standard InChI is InChI=1S/C87H138O17P2/c1-5-9-13-17-21-25-29-33-37-39-40-42-45-48-52-56-60-64-68-72-85(90)98-78-83(104-87(92)74-70-66-62-58-54-50-46-41-38-34-30-26-22-18-14-10-6-2)80-102-106(95,96)100-76-81(88)75-99-105(93,94)101-79-82(103-86(91)73-69-65-61-57-53-49-44-36-32-28-24-20-16-12-8-4)77-97-84(89)71-67-63-59-55-51-47-43-35-31-27-23-19-15-11-7-3/h9-16,21-28,33-38,40,42-44,46,50-51,55,58,62,81-83,88H,5-8,17-20,29-32,39,41,45,47-49,52-54,56-57,59-61,63-80H2,1-4H3,(H,93,94)(H,95,96)/b13-9-,14-10-,15-11-,16-12-,25-21-,26-22-,27-23-,28-24-,37-33-,38-34-,42-40-,43-35-,44-36-,50-46-,55-51-,62-58-. The quantitative estimate of drug-likeness (QED) is 0.0169. The Bertz CT molecular complexity index is 2780. The van der Waals surface area contributed by atoms with Crippen molar-refractivity contribution in [1.29, 1.82) is 0 Å². The van der Waals surface area contributed by atoms with Crippen LogP contribution in [0.1, 0.15) is 272 Å². The second-order valence-electron chi connectivity index (χ2n) is 25.5. The first kappa shape index (κ1) is 99.9. The maximum Gasteiger partial charge on any atom is 0.472 e. The number of carbonyl (C=O) groups excluding carboxylic acids is 4. The van der Waals surface area contributed by atoms with E-state index >= 15 is 0 Å². The highest BCUT2D eigenvalue weighted by Gasteiger charge is 2.30. The molecule has 0 aliphatic rings. The number of rotatable bonds is 72. The van der Waals surface area contributed by atoms with Crippen LogP contribution < -0.4 is 0 Å². The molecule has 17 nitrogen and oxygen atoms in total. The Balaban J connectivity index is 5.50. The van der Waals surface area contributed by atoms with Gasteiger partial charge in [0.15, 0.2) is 12.2 Å². The van der Waals surface area contributed by atoms with Crippen molar-refractivity contribution in [3.8, 4) is 0 Å². The van der Waals surface area contributed by atoms with E-state index in [1.807, 2.05) is 12.2 Å². The van der Waals surface area contributed by atoms with Crippen LogP contribution in [0.15, 0.2) is 194 Å². The van der Waals surface area contributed by atoms with Crippen molar-refractivity contribution in [2.45, 2.75) is 290 Å². The summed E-state index contributed by atoms with van der Waals surface area (Å²) in [6.07, 6.45) is 94.2. The van der Waals surface area contributed by atoms with Crippen LogP contribution in [0.25, 0.3) is 0 Å². The number of aliphatic hydroxyl groups excluding tert-OH is 1. The fourth-order valence-electron chi connectivity index (χ4n) is 9.66. The first-order chi connectivity index (χ1) is 51.7. The Morgan fingerprint density at radius 1 is 0.264 bits per heavy atom. The van der Waals surface area contributed by atoms with Crippen molar-refractivity contribution in [2.75, 3.05) is 39.6 Å². The van der Waals surface area contributed by atoms with E-state index in [9.17, 15) is 43.2 Å². The van der Waals surface area contributed by atoms with Crippen LogP contribution in [0.3, 0.4) is 0 Å². The van der Waals surface area contributed by atoms with E-state index in [-0.39, 0.29) is 25.7 Å². The van der Waals surface area contributed by atoms with Gasteiger partial charge in [-0.1, -0.05) is 267 Å². The average molecular weight is 1520 g/mol. The predicted molar refractivity (Wildman–Crippen MR) is 436 cm³/mol. The molecule has 5 atom stereocenters. The molecule has 0 aromatic rings. The second kappa shape index (κ2) is 77.1. The maximum atomic E-state index is 13.1. The molecule has 0 aromatic carbocycles. The SMILES string of the molecule is CC/C=C\C/C=C\C/C=C\C/C=C\C/C=C\CCCC(=O)OC(COC(=O)CCCCCCCC/C=C\C/C=C\C/C=C\C/C=C\CC)COP(=O)(O)OCC(O)COP(=O)(O)OCC(COC(=O)CCCC/C=C\C/C=C\C/C=C\C/C=C\CC)OC(=O)CCCCCCC/C=C\C/C=C\C/C=C\CC. The van der Waals surface area contributed by atoms with Crippen LogP contribution in [0.5, 0.6) is 0 Å². The van der Waals surface area contributed by atoms with Crippen LogP contribution in [-0.2, 0) is 65.4 Å². The molecule has 0 saturated carbocycles. The van der Waals surface area contributed by atoms with Gasteiger partial charge in [0.05, 0.1) is 26.4 Å². The minimum Gasteiger partial charge on any atom is -0.462 e. The summed E-state index contributed by atoms with van der Waals surface area (Å²) in [5.74, 6) is -2.35. The summed E-state index contributed by atoms with van der Waals surface area (Å²) in [6.45, 7) is 4.24. The molecule has 0 aliphatic heterocycles. The molecule has 0 heterocycles. The number of hydrogen-bond acceptors (Lipinski definition) is 15. The van der Waals surface area contributed by atoms with Crippen molar-refractivity contribution < 1.29 is 80.2 Å². The van der Waals surface area contributed by atoms with E-state index in [0.29, 0.717) is 32.1 Å². The molecule has 0 bridgehead atoms. The van der Waals surface area contributed by atoms with Crippen LogP contribution in [0.2, 0.25) is 0 Å². The van der Waals surface area contributed by atoms with Gasteiger partial charge in [0.2, 0.25) is 0 Å². The largest absolute Gasteiger partial charge is 0.472 e. The Hall–Kier alpha value is -6.10. The van der Waals surface area contributed by atoms with Crippen LogP contribution in [0.4, 0.5) is 0 Å². The fourth-order valence-corrected chi connectivity index (χ4v) is 11.2. The van der Waals surface area contributed by atoms with Gasteiger partial charge in [0.1, 0.15) is 19.3 Å². The molecule has 5 unspecified atom stereocenters. The molecule has 0 spiro atoms. The highest BCUT2D eigenvalue weighted by molar-refractivity contribution is 7.47. The number of hydrogen-bond donors (Lipinski definition) is 3. The number of phosphoric acid groups is 2. The van der Waals surface area contributed by atoms with Gasteiger partial charge in [-0.05, 0) is 173 Å². The molecule has 0 radical (unpaired) electrons. The number of unbranched alkanes of at least 4 members (excludes halogenated alkanes) is 14. The predicted octanol–water partition coefficient (Wildman–Crippen LogP) is 23.3. The Kier molecular flexibility index (Phi) is 72.6. The highest BCUT2D eigenvalue weighted by Crippen LogP contribution is 2.45. The second-order valence-corrected chi connectivity index (χ2v) is 28.4. The van der Waals surface area contributed by atoms with Crippen molar-refractivity contribution >= 4 is 39.5 Å². The third kappa shape index (κ3) is 76.1. The van der Waals surface area contributed by atoms with Gasteiger partial charge in [-0.25, -0.2) is 9.13 Å². The summed E-state index contributed by atoms with van der Waals surface area (Å²) >= 11 is 0. The summed E-state index contributed by atoms with van der Waals surface area (Å²) in [6, 6.07) is 0. The van der Waals surface area contributed by atoms with Gasteiger partial charge < -0.3 is 33.8 Å². The smallest absolute Gasteiger partial charge is 0.462 e. The third-order valence-electron chi connectivity index (χ3n) is 15.5. The third-order valence-corrected chi connectivity index (χ3v) is 17.4. The molecule has 0 fully saturated rings. The Morgan fingerprint density at radius 2 is 0.472 bits per heavy atom. The lowest BCUT2D eigenvalue weighted by Crippen LogP contribution is -2.30. The molecule has 0 aliphatic carbocycles. The van der Waals surface area contributed by atoms with Gasteiger partial charge in [-0.2, -0.15) is 0 Å². The molecule has 19 heteroatoms. The fraction of sp³-hybridized carbons (Fsp3) is 0.586. The molecule has 0 saturated heterocycles. The van der Waals surface area contributed by atoms with Gasteiger partial charge in [0, 0.05) is 25.7 Å². The summed E-state index contributed by atoms with van der Waals surface area (Å²) in [5.41, 5.74) is 0. The van der Waals surface area contributed by atoms with E-state index in [2.05, 4.69) is 210 Å². The molecule has 3 N–H and O–H groups in total. The lowest BCUT2D eigenvalue weighted by atomic mass is 10.1. The minimum absolute atomic E-state index is 0.00398. The number of ether oxygens (including phenoxy) is 4. The molecule has 0 amide bonds. The number of phosphoric ester groups is 2. The van der Waals surface area contributed by atoms with Crippen molar-refractivity contribution in [1.82, 2.24) is 0 Å². The molecular formula is C87H138O17P2. The number of allylic oxidation sites excluding steroid dienone is 32. The van der Waals surface area contributed by atoms with E-state index in [1.165, 1.54) is 0 Å². The summed E-state index contributed by atoms with van der Waals surface area (Å²) in [5, 5.41) is 10.6. The monoisotopic (exact) mass is 1520 g/mol. The zero-order valence-corrected chi connectivity index (χ0v) is 67.1. The Labute approximate surface area is 640 Å². The first-order valence-corrected chi connectivity index (χ1v) is 42.7. The summed E-state index contributed by atoms with van der Waals surface area (Å²) in [7, 11) is -10.0. The normalized spacial score (nSPS) is 14.9. The van der Waals surface area contributed by atoms with Crippen molar-refractivity contribution in [3.05, 3.63) is 194 Å². The first-order valence-electron chi connectivity index (χ1n) is 39.7. The van der Waals surface area contributed by atoms with Crippen molar-refractivity contribution in [2.24, 2.45) is 0 Å². The number of carbonyl (C=O) groups is 4.